The van der Waals surface area contributed by atoms with Crippen LogP contribution in [0.3, 0.4) is 0 Å². The normalized spacial score (nSPS) is 15.2. The molecule has 3 aromatic heterocycles. The first-order valence-electron chi connectivity index (χ1n) is 9.47. The fourth-order valence-corrected chi connectivity index (χ4v) is 3.90. The van der Waals surface area contributed by atoms with Gasteiger partial charge in [-0.25, -0.2) is 4.98 Å². The third-order valence-electron chi connectivity index (χ3n) is 5.41. The molecule has 0 unspecified atom stereocenters. The summed E-state index contributed by atoms with van der Waals surface area (Å²) in [7, 11) is 0. The van der Waals surface area contributed by atoms with Crippen molar-refractivity contribution in [3.05, 3.63) is 53.2 Å². The van der Waals surface area contributed by atoms with Crippen molar-refractivity contribution in [2.24, 2.45) is 0 Å². The number of rotatable bonds is 5. The number of carboxylic acids is 1. The number of aromatic amines is 1. The molecule has 0 aliphatic carbocycles. The number of nitrogens with one attached hydrogen (secondary N) is 1. The van der Waals surface area contributed by atoms with Crippen molar-refractivity contribution in [1.29, 1.82) is 0 Å². The molecule has 4 rings (SSSR count). The lowest BCUT2D eigenvalue weighted by Crippen LogP contribution is -2.39. The number of carboxylic acid groups (broad SMARTS) is 1. The van der Waals surface area contributed by atoms with Gasteiger partial charge in [-0.05, 0) is 38.0 Å². The second-order valence-corrected chi connectivity index (χ2v) is 7.29. The van der Waals surface area contributed by atoms with Crippen molar-refractivity contribution in [2.45, 2.75) is 38.5 Å². The number of aliphatic carboxylic acids is 1. The predicted molar refractivity (Wildman–Crippen MR) is 102 cm³/mol. The van der Waals surface area contributed by atoms with Gasteiger partial charge in [-0.1, -0.05) is 6.07 Å². The van der Waals surface area contributed by atoms with E-state index in [-0.39, 0.29) is 18.2 Å². The molecular formula is C20H23N5O3. The summed E-state index contributed by atoms with van der Waals surface area (Å²) in [6.07, 6.45) is 3.89. The van der Waals surface area contributed by atoms with E-state index in [0.717, 1.165) is 35.6 Å². The van der Waals surface area contributed by atoms with Crippen LogP contribution in [-0.2, 0) is 22.4 Å². The van der Waals surface area contributed by atoms with E-state index in [1.54, 1.807) is 0 Å². The fourth-order valence-electron chi connectivity index (χ4n) is 3.90. The van der Waals surface area contributed by atoms with Crippen LogP contribution in [0.1, 0.15) is 41.5 Å². The summed E-state index contributed by atoms with van der Waals surface area (Å²) in [5.41, 5.74) is 4.19. The van der Waals surface area contributed by atoms with Gasteiger partial charge in [-0.15, -0.1) is 0 Å². The average Bonchev–Trinajstić information content (AvgIpc) is 3.26. The smallest absolute Gasteiger partial charge is 0.309 e. The van der Waals surface area contributed by atoms with Crippen LogP contribution in [0.25, 0.3) is 5.65 Å². The number of hydrogen-bond acceptors (Lipinski definition) is 4. The first-order valence-corrected chi connectivity index (χ1v) is 9.47. The lowest BCUT2D eigenvalue weighted by atomic mass is 9.93. The number of hydrogen-bond donors (Lipinski definition) is 2. The van der Waals surface area contributed by atoms with Gasteiger partial charge in [0, 0.05) is 30.9 Å². The van der Waals surface area contributed by atoms with E-state index in [1.165, 1.54) is 0 Å². The summed E-state index contributed by atoms with van der Waals surface area (Å²) in [5, 5.41) is 15.9. The molecule has 0 aromatic carbocycles. The number of likely N-dealkylation sites (tertiary alicyclic amines) is 1. The Morgan fingerprint density at radius 2 is 2.04 bits per heavy atom. The SMILES string of the molecule is Cc1nc2ccccn2c1CC(=O)N1CCC(c2cc(CC(=O)O)[nH]n2)CC1. The van der Waals surface area contributed by atoms with Crippen LogP contribution in [0.4, 0.5) is 0 Å². The number of aromatic nitrogens is 4. The van der Waals surface area contributed by atoms with E-state index in [2.05, 4.69) is 15.2 Å². The quantitative estimate of drug-likeness (QED) is 0.703. The summed E-state index contributed by atoms with van der Waals surface area (Å²) in [4.78, 5) is 30.1. The third-order valence-corrected chi connectivity index (χ3v) is 5.41. The first kappa shape index (κ1) is 18.2. The number of pyridine rings is 1. The maximum absolute atomic E-state index is 12.8. The summed E-state index contributed by atoms with van der Waals surface area (Å²) in [5.74, 6) is -0.514. The minimum absolute atomic E-state index is 0.0526. The van der Waals surface area contributed by atoms with Gasteiger partial charge in [0.25, 0.3) is 0 Å². The third kappa shape index (κ3) is 3.62. The Labute approximate surface area is 162 Å². The van der Waals surface area contributed by atoms with Crippen molar-refractivity contribution in [3.8, 4) is 0 Å². The molecule has 0 saturated carbocycles. The van der Waals surface area contributed by atoms with E-state index in [0.29, 0.717) is 25.2 Å². The van der Waals surface area contributed by atoms with E-state index < -0.39 is 5.97 Å². The molecule has 1 saturated heterocycles. The van der Waals surface area contributed by atoms with E-state index >= 15 is 0 Å². The number of carbonyl (C=O) groups is 2. The van der Waals surface area contributed by atoms with E-state index in [4.69, 9.17) is 5.11 Å². The maximum atomic E-state index is 12.8. The summed E-state index contributed by atoms with van der Waals surface area (Å²) in [6, 6.07) is 7.65. The molecule has 8 nitrogen and oxygen atoms in total. The number of nitrogens with zero attached hydrogens (tertiary/aromatic N) is 4. The minimum Gasteiger partial charge on any atom is -0.481 e. The monoisotopic (exact) mass is 381 g/mol. The maximum Gasteiger partial charge on any atom is 0.309 e. The van der Waals surface area contributed by atoms with Crippen LogP contribution in [0.5, 0.6) is 0 Å². The van der Waals surface area contributed by atoms with Gasteiger partial charge in [-0.2, -0.15) is 5.10 Å². The zero-order valence-corrected chi connectivity index (χ0v) is 15.8. The van der Waals surface area contributed by atoms with Crippen LogP contribution in [0.15, 0.2) is 30.5 Å². The molecule has 28 heavy (non-hydrogen) atoms. The van der Waals surface area contributed by atoms with Crippen molar-refractivity contribution in [3.63, 3.8) is 0 Å². The van der Waals surface area contributed by atoms with Crippen LogP contribution >= 0.6 is 0 Å². The molecule has 1 aliphatic heterocycles. The highest BCUT2D eigenvalue weighted by Gasteiger charge is 2.26. The molecular weight excluding hydrogens is 358 g/mol. The number of imidazole rings is 1. The van der Waals surface area contributed by atoms with E-state index in [9.17, 15) is 9.59 Å². The van der Waals surface area contributed by atoms with Crippen molar-refractivity contribution < 1.29 is 14.7 Å². The second kappa shape index (κ2) is 7.46. The Morgan fingerprint density at radius 1 is 1.25 bits per heavy atom. The minimum atomic E-state index is -0.877. The van der Waals surface area contributed by atoms with Gasteiger partial charge in [0.05, 0.1) is 29.9 Å². The van der Waals surface area contributed by atoms with Gasteiger partial charge in [0.15, 0.2) is 0 Å². The Kier molecular flexibility index (Phi) is 4.85. The van der Waals surface area contributed by atoms with Gasteiger partial charge in [-0.3, -0.25) is 14.7 Å². The largest absolute Gasteiger partial charge is 0.481 e. The van der Waals surface area contributed by atoms with Gasteiger partial charge >= 0.3 is 5.97 Å². The summed E-state index contributed by atoms with van der Waals surface area (Å²) in [6.45, 7) is 3.30. The topological polar surface area (TPSA) is 104 Å². The number of amides is 1. The second-order valence-electron chi connectivity index (χ2n) is 7.29. The Bertz CT molecular complexity index is 1010. The highest BCUT2D eigenvalue weighted by molar-refractivity contribution is 5.79. The molecule has 0 atom stereocenters. The van der Waals surface area contributed by atoms with Gasteiger partial charge in [0.2, 0.25) is 5.91 Å². The van der Waals surface area contributed by atoms with Crippen molar-refractivity contribution >= 4 is 17.5 Å². The molecule has 0 spiro atoms. The molecule has 4 heterocycles. The number of piperidine rings is 1. The van der Waals surface area contributed by atoms with Crippen molar-refractivity contribution in [1.82, 2.24) is 24.5 Å². The molecule has 8 heteroatoms. The zero-order chi connectivity index (χ0) is 19.7. The van der Waals surface area contributed by atoms with Crippen LogP contribution in [0.2, 0.25) is 0 Å². The zero-order valence-electron chi connectivity index (χ0n) is 15.8. The number of H-pyrrole nitrogens is 1. The van der Waals surface area contributed by atoms with Gasteiger partial charge in [0.1, 0.15) is 5.65 Å². The lowest BCUT2D eigenvalue weighted by molar-refractivity contribution is -0.136. The molecule has 1 amide bonds. The molecule has 2 N–H and O–H groups in total. The molecule has 3 aromatic rings. The number of fused-ring (bicyclic) bond motifs is 1. The molecule has 146 valence electrons. The predicted octanol–water partition coefficient (Wildman–Crippen LogP) is 1.94. The first-order chi connectivity index (χ1) is 13.5. The molecule has 1 aliphatic rings. The number of carbonyl (C=O) groups excluding carboxylic acids is 1. The number of aryl methyl sites for hydroxylation is 1. The molecule has 0 bridgehead atoms. The van der Waals surface area contributed by atoms with Crippen LogP contribution in [-0.4, -0.2) is 54.6 Å². The Balaban J connectivity index is 1.38. The average molecular weight is 381 g/mol. The van der Waals surface area contributed by atoms with Crippen LogP contribution < -0.4 is 0 Å². The summed E-state index contributed by atoms with van der Waals surface area (Å²) >= 11 is 0. The van der Waals surface area contributed by atoms with E-state index in [1.807, 2.05) is 46.7 Å². The fraction of sp³-hybridized carbons (Fsp3) is 0.400. The molecule has 1 fully saturated rings. The summed E-state index contributed by atoms with van der Waals surface area (Å²) < 4.78 is 1.98. The Hall–Kier alpha value is -3.16. The Morgan fingerprint density at radius 3 is 2.79 bits per heavy atom. The lowest BCUT2D eigenvalue weighted by Gasteiger charge is -2.31. The van der Waals surface area contributed by atoms with Crippen molar-refractivity contribution in [2.75, 3.05) is 13.1 Å². The highest BCUT2D eigenvalue weighted by Crippen LogP contribution is 2.27. The van der Waals surface area contributed by atoms with Crippen LogP contribution in [0, 0.1) is 6.92 Å². The molecule has 0 radical (unpaired) electrons. The highest BCUT2D eigenvalue weighted by atomic mass is 16.4. The van der Waals surface area contributed by atoms with Gasteiger partial charge < -0.3 is 14.4 Å². The standard InChI is InChI=1S/C20H23N5O3/c1-13-17(25-7-3-2-4-18(25)21-13)12-19(26)24-8-5-14(6-9-24)16-10-15(22-23-16)11-20(27)28/h2-4,7,10,14H,5-6,8-9,11-12H2,1H3,(H,22,23)(H,27,28).